The molecule has 0 bridgehead atoms. The van der Waals surface area contributed by atoms with Crippen molar-refractivity contribution in [3.05, 3.63) is 57.8 Å². The topological polar surface area (TPSA) is 42.0 Å². The number of rotatable bonds is 3. The molecule has 19 heavy (non-hydrogen) atoms. The maximum absolute atomic E-state index is 12.1. The number of thiol groups is 1. The highest BCUT2D eigenvalue weighted by Crippen LogP contribution is 2.20. The number of hydrogen-bond acceptors (Lipinski definition) is 3. The highest BCUT2D eigenvalue weighted by atomic mass is 79.9. The van der Waals surface area contributed by atoms with Crippen LogP contribution in [0, 0.1) is 6.92 Å². The first kappa shape index (κ1) is 14.1. The zero-order chi connectivity index (χ0) is 13.8. The van der Waals surface area contributed by atoms with E-state index in [0.717, 1.165) is 20.5 Å². The minimum Gasteiger partial charge on any atom is -0.348 e. The molecule has 98 valence electrons. The zero-order valence-electron chi connectivity index (χ0n) is 10.4. The minimum atomic E-state index is -0.126. The van der Waals surface area contributed by atoms with Crippen molar-refractivity contribution < 1.29 is 4.79 Å². The molecule has 0 radical (unpaired) electrons. The van der Waals surface area contributed by atoms with Crippen LogP contribution in [0.5, 0.6) is 0 Å². The predicted octanol–water partition coefficient (Wildman–Crippen LogP) is 3.37. The summed E-state index contributed by atoms with van der Waals surface area (Å²) < 4.78 is 0.759. The molecule has 1 aromatic carbocycles. The molecule has 0 aliphatic rings. The van der Waals surface area contributed by atoms with Crippen LogP contribution in [0.4, 0.5) is 0 Å². The van der Waals surface area contributed by atoms with Gasteiger partial charge in [0.15, 0.2) is 0 Å². The summed E-state index contributed by atoms with van der Waals surface area (Å²) in [6, 6.07) is 7.29. The summed E-state index contributed by atoms with van der Waals surface area (Å²) in [5.41, 5.74) is 2.70. The summed E-state index contributed by atoms with van der Waals surface area (Å²) in [4.78, 5) is 16.9. The third-order valence-electron chi connectivity index (χ3n) is 2.77. The summed E-state index contributed by atoms with van der Waals surface area (Å²) in [7, 11) is 0. The number of amides is 1. The van der Waals surface area contributed by atoms with Gasteiger partial charge in [0.2, 0.25) is 0 Å². The highest BCUT2D eigenvalue weighted by Gasteiger charge is 2.10. The van der Waals surface area contributed by atoms with Crippen molar-refractivity contribution in [3.63, 3.8) is 0 Å². The molecule has 2 aromatic rings. The second-order valence-corrected chi connectivity index (χ2v) is 5.52. The fraction of sp³-hybridized carbons (Fsp3) is 0.143. The molecule has 1 amide bonds. The number of nitrogens with one attached hydrogen (secondary N) is 1. The van der Waals surface area contributed by atoms with Crippen LogP contribution in [-0.2, 0) is 6.54 Å². The molecule has 0 atom stereocenters. The third kappa shape index (κ3) is 3.58. The summed E-state index contributed by atoms with van der Waals surface area (Å²) >= 11 is 7.61. The maximum Gasteiger partial charge on any atom is 0.252 e. The first-order chi connectivity index (χ1) is 9.08. The Balaban J connectivity index is 2.10. The Labute approximate surface area is 126 Å². The molecule has 0 aliphatic heterocycles. The lowest BCUT2D eigenvalue weighted by atomic mass is 10.1. The Morgan fingerprint density at radius 1 is 1.42 bits per heavy atom. The highest BCUT2D eigenvalue weighted by molar-refractivity contribution is 9.10. The van der Waals surface area contributed by atoms with E-state index in [-0.39, 0.29) is 5.91 Å². The molecule has 0 saturated carbocycles. The van der Waals surface area contributed by atoms with Gasteiger partial charge in [-0.3, -0.25) is 9.78 Å². The quantitative estimate of drug-likeness (QED) is 0.844. The smallest absolute Gasteiger partial charge is 0.252 e. The first-order valence-corrected chi connectivity index (χ1v) is 6.98. The lowest BCUT2D eigenvalue weighted by Gasteiger charge is -2.09. The molecule has 0 spiro atoms. The third-order valence-corrected chi connectivity index (χ3v) is 3.74. The number of hydrogen-bond donors (Lipinski definition) is 2. The Hall–Kier alpha value is -1.33. The van der Waals surface area contributed by atoms with Crippen LogP contribution in [0.3, 0.4) is 0 Å². The zero-order valence-corrected chi connectivity index (χ0v) is 12.8. The van der Waals surface area contributed by atoms with Gasteiger partial charge in [0.25, 0.3) is 5.91 Å². The van der Waals surface area contributed by atoms with E-state index in [1.807, 2.05) is 25.1 Å². The van der Waals surface area contributed by atoms with Crippen LogP contribution in [0.1, 0.15) is 21.5 Å². The van der Waals surface area contributed by atoms with Crippen molar-refractivity contribution in [2.75, 3.05) is 0 Å². The van der Waals surface area contributed by atoms with Crippen molar-refractivity contribution in [2.45, 2.75) is 18.4 Å². The number of aromatic nitrogens is 1. The molecule has 0 unspecified atom stereocenters. The molecular weight excluding hydrogens is 324 g/mol. The van der Waals surface area contributed by atoms with Crippen molar-refractivity contribution in [2.24, 2.45) is 0 Å². The van der Waals surface area contributed by atoms with Gasteiger partial charge in [-0.15, -0.1) is 12.6 Å². The van der Waals surface area contributed by atoms with E-state index in [1.165, 1.54) is 0 Å². The monoisotopic (exact) mass is 336 g/mol. The van der Waals surface area contributed by atoms with E-state index in [1.54, 1.807) is 18.5 Å². The van der Waals surface area contributed by atoms with Gasteiger partial charge in [0.1, 0.15) is 0 Å². The second kappa shape index (κ2) is 6.21. The van der Waals surface area contributed by atoms with E-state index in [0.29, 0.717) is 12.1 Å². The fourth-order valence-corrected chi connectivity index (χ4v) is 2.29. The lowest BCUT2D eigenvalue weighted by molar-refractivity contribution is 0.0950. The number of carbonyl (C=O) groups excluding carboxylic acids is 1. The molecule has 0 fully saturated rings. The summed E-state index contributed by atoms with van der Waals surface area (Å²) in [6.45, 7) is 2.45. The van der Waals surface area contributed by atoms with Crippen LogP contribution in [-0.4, -0.2) is 10.9 Å². The molecule has 1 N–H and O–H groups in total. The van der Waals surface area contributed by atoms with Gasteiger partial charge < -0.3 is 5.32 Å². The van der Waals surface area contributed by atoms with Crippen LogP contribution in [0.2, 0.25) is 0 Å². The van der Waals surface area contributed by atoms with Gasteiger partial charge in [-0.2, -0.15) is 0 Å². The molecule has 1 aromatic heterocycles. The summed E-state index contributed by atoms with van der Waals surface area (Å²) in [6.07, 6.45) is 3.50. The van der Waals surface area contributed by atoms with Crippen molar-refractivity contribution in [3.8, 4) is 0 Å². The first-order valence-electron chi connectivity index (χ1n) is 5.74. The van der Waals surface area contributed by atoms with Gasteiger partial charge >= 0.3 is 0 Å². The van der Waals surface area contributed by atoms with Crippen LogP contribution in [0.15, 0.2) is 46.0 Å². The largest absolute Gasteiger partial charge is 0.348 e. The molecule has 0 saturated heterocycles. The molecule has 2 rings (SSSR count). The van der Waals surface area contributed by atoms with Crippen LogP contribution < -0.4 is 5.32 Å². The Bertz CT molecular complexity index is 616. The van der Waals surface area contributed by atoms with Gasteiger partial charge in [-0.05, 0) is 58.2 Å². The van der Waals surface area contributed by atoms with E-state index in [2.05, 4.69) is 38.9 Å². The van der Waals surface area contributed by atoms with Gasteiger partial charge in [0, 0.05) is 28.3 Å². The molecule has 0 aliphatic carbocycles. The van der Waals surface area contributed by atoms with Crippen molar-refractivity contribution in [1.82, 2.24) is 10.3 Å². The van der Waals surface area contributed by atoms with Crippen molar-refractivity contribution >= 4 is 34.5 Å². The van der Waals surface area contributed by atoms with E-state index >= 15 is 0 Å². The number of pyridine rings is 1. The summed E-state index contributed by atoms with van der Waals surface area (Å²) in [5.74, 6) is -0.126. The van der Waals surface area contributed by atoms with E-state index < -0.39 is 0 Å². The van der Waals surface area contributed by atoms with Gasteiger partial charge in [0.05, 0.1) is 5.56 Å². The number of aryl methyl sites for hydroxylation is 1. The van der Waals surface area contributed by atoms with Gasteiger partial charge in [-0.25, -0.2) is 0 Å². The Kier molecular flexibility index (Phi) is 4.61. The normalized spacial score (nSPS) is 10.3. The average molecular weight is 337 g/mol. The minimum absolute atomic E-state index is 0.126. The van der Waals surface area contributed by atoms with Crippen LogP contribution >= 0.6 is 28.6 Å². The van der Waals surface area contributed by atoms with Crippen molar-refractivity contribution in [1.29, 1.82) is 0 Å². The number of carbonyl (C=O) groups is 1. The molecule has 3 nitrogen and oxygen atoms in total. The van der Waals surface area contributed by atoms with E-state index in [9.17, 15) is 4.79 Å². The number of benzene rings is 1. The second-order valence-electron chi connectivity index (χ2n) is 4.15. The lowest BCUT2D eigenvalue weighted by Crippen LogP contribution is -2.23. The van der Waals surface area contributed by atoms with Gasteiger partial charge in [-0.1, -0.05) is 0 Å². The average Bonchev–Trinajstić information content (AvgIpc) is 2.40. The predicted molar refractivity (Wildman–Crippen MR) is 81.5 cm³/mol. The standard InChI is InChI=1S/C14H13BrN2OS/c1-9-7-16-5-4-10(9)8-17-14(18)12-6-11(19)2-3-13(12)15/h2-7,19H,8H2,1H3,(H,17,18). The Morgan fingerprint density at radius 3 is 2.95 bits per heavy atom. The Morgan fingerprint density at radius 2 is 2.21 bits per heavy atom. The SMILES string of the molecule is Cc1cnccc1CNC(=O)c1cc(S)ccc1Br. The summed E-state index contributed by atoms with van der Waals surface area (Å²) in [5, 5.41) is 2.89. The fourth-order valence-electron chi connectivity index (χ4n) is 1.66. The molecule has 5 heteroatoms. The number of halogens is 1. The maximum atomic E-state index is 12.1. The molecule has 1 heterocycles. The number of nitrogens with zero attached hydrogens (tertiary/aromatic N) is 1. The van der Waals surface area contributed by atoms with Crippen LogP contribution in [0.25, 0.3) is 0 Å². The molecular formula is C14H13BrN2OS. The van der Waals surface area contributed by atoms with E-state index in [4.69, 9.17) is 0 Å².